The first kappa shape index (κ1) is 15.5. The van der Waals surface area contributed by atoms with Crippen LogP contribution < -0.4 is 4.74 Å². The lowest BCUT2D eigenvalue weighted by atomic mass is 10.1. The van der Waals surface area contributed by atoms with E-state index in [-0.39, 0.29) is 11.3 Å². The molecule has 0 spiro atoms. The second-order valence-electron chi connectivity index (χ2n) is 3.72. The number of alkyl halides is 6. The van der Waals surface area contributed by atoms with Crippen LogP contribution in [-0.2, 0) is 0 Å². The number of hydrogen-bond donors (Lipinski definition) is 0. The molecule has 3 nitrogen and oxygen atoms in total. The van der Waals surface area contributed by atoms with Crippen LogP contribution in [0.1, 0.15) is 5.56 Å². The molecule has 0 aliphatic carbocycles. The van der Waals surface area contributed by atoms with Gasteiger partial charge in [-0.15, -0.1) is 13.2 Å². The van der Waals surface area contributed by atoms with E-state index in [1.165, 1.54) is 19.2 Å². The Bertz CT molecular complexity index is 638. The molecule has 1 aromatic carbocycles. The van der Waals surface area contributed by atoms with Gasteiger partial charge < -0.3 is 4.74 Å². The first-order valence-electron chi connectivity index (χ1n) is 5.06. The molecule has 2 aromatic rings. The summed E-state index contributed by atoms with van der Waals surface area (Å²) in [6, 6.07) is 2.43. The number of benzene rings is 1. The largest absolute Gasteiger partial charge is 0.573 e. The lowest BCUT2D eigenvalue weighted by Crippen LogP contribution is -2.17. The van der Waals surface area contributed by atoms with Gasteiger partial charge >= 0.3 is 10.3 Å². The minimum Gasteiger partial charge on any atom is -0.405 e. The van der Waals surface area contributed by atoms with Crippen molar-refractivity contribution in [2.75, 3.05) is 0 Å². The molecule has 0 fully saturated rings. The number of fused-ring (bicyclic) bond motifs is 1. The number of rotatable bonds is 3. The van der Waals surface area contributed by atoms with E-state index in [4.69, 9.17) is 23.2 Å². The first-order chi connectivity index (χ1) is 9.07. The second-order valence-corrected chi connectivity index (χ2v) is 6.50. The third kappa shape index (κ3) is 3.62. The molecule has 10 heteroatoms. The number of nitrogens with zero attached hydrogens (tertiary/aromatic N) is 2. The maximum absolute atomic E-state index is 13.1. The molecule has 0 bridgehead atoms. The van der Waals surface area contributed by atoms with E-state index in [0.717, 1.165) is 10.2 Å². The molecule has 0 N–H and O–H groups in total. The fraction of sp³-hybridized carbons (Fsp3) is 0.300. The summed E-state index contributed by atoms with van der Waals surface area (Å²) in [7, 11) is 0. The highest BCUT2D eigenvalue weighted by Gasteiger charge is 2.32. The van der Waals surface area contributed by atoms with E-state index in [2.05, 4.69) is 9.84 Å². The molecule has 0 aliphatic heterocycles. The second kappa shape index (κ2) is 5.16. The van der Waals surface area contributed by atoms with Crippen molar-refractivity contribution in [1.82, 2.24) is 9.19 Å². The number of halogens is 6. The zero-order valence-electron chi connectivity index (χ0n) is 9.71. The van der Waals surface area contributed by atoms with Gasteiger partial charge in [-0.1, -0.05) is 23.2 Å². The third-order valence-electron chi connectivity index (χ3n) is 2.36. The van der Waals surface area contributed by atoms with Crippen LogP contribution >= 0.6 is 35.1 Å². The van der Waals surface area contributed by atoms with Crippen LogP contribution in [0.2, 0.25) is 0 Å². The van der Waals surface area contributed by atoms with Gasteiger partial charge in [0.05, 0.1) is 23.7 Å². The van der Waals surface area contributed by atoms with Gasteiger partial charge in [0.2, 0.25) is 0 Å². The predicted molar refractivity (Wildman–Crippen MR) is 69.7 cm³/mol. The molecule has 0 unspecified atom stereocenters. The Kier molecular flexibility index (Phi) is 4.01. The Morgan fingerprint density at radius 1 is 1.25 bits per heavy atom. The summed E-state index contributed by atoms with van der Waals surface area (Å²) in [6.07, 6.45) is -3.51. The summed E-state index contributed by atoms with van der Waals surface area (Å²) in [5, 5.41) is 4.19. The minimum atomic E-state index is -4.79. The number of aromatic nitrogens is 2. The van der Waals surface area contributed by atoms with E-state index >= 15 is 0 Å². The van der Waals surface area contributed by atoms with Crippen LogP contribution in [0.25, 0.3) is 10.9 Å². The maximum atomic E-state index is 13.1. The SMILES string of the molecule is Cc1c(OC(F)(F)F)ccc2c1cnn2SC(F)(Cl)Cl. The van der Waals surface area contributed by atoms with Gasteiger partial charge in [-0.2, -0.15) is 9.49 Å². The normalized spacial score (nSPS) is 12.9. The van der Waals surface area contributed by atoms with Gasteiger partial charge in [-0.3, -0.25) is 0 Å². The highest BCUT2D eigenvalue weighted by Crippen LogP contribution is 2.39. The van der Waals surface area contributed by atoms with Crippen molar-refractivity contribution >= 4 is 46.1 Å². The lowest BCUT2D eigenvalue weighted by molar-refractivity contribution is -0.274. The standard InChI is InChI=1S/C10H6Cl2F4N2OS/c1-5-6-4-17-18(20-9(11,12)13)7(6)2-3-8(5)19-10(14,15)16/h2-4H,1H3. The molecular weight excluding hydrogens is 343 g/mol. The minimum absolute atomic E-state index is 0.222. The van der Waals surface area contributed by atoms with Crippen molar-refractivity contribution in [3.8, 4) is 5.75 Å². The first-order valence-corrected chi connectivity index (χ1v) is 6.59. The summed E-state index contributed by atoms with van der Waals surface area (Å²) >= 11 is 10.8. The van der Waals surface area contributed by atoms with Gasteiger partial charge in [0.25, 0.3) is 0 Å². The third-order valence-corrected chi connectivity index (χ3v) is 3.44. The van der Waals surface area contributed by atoms with Crippen molar-refractivity contribution in [3.05, 3.63) is 23.9 Å². The number of ether oxygens (including phenoxy) is 1. The molecular formula is C10H6Cl2F4N2OS. The van der Waals surface area contributed by atoms with Crippen LogP contribution in [0.4, 0.5) is 17.6 Å². The summed E-state index contributed by atoms with van der Waals surface area (Å²) in [4.78, 5) is 0. The maximum Gasteiger partial charge on any atom is 0.573 e. The monoisotopic (exact) mass is 348 g/mol. The van der Waals surface area contributed by atoms with Gasteiger partial charge in [0.15, 0.2) is 0 Å². The van der Waals surface area contributed by atoms with Crippen LogP contribution in [0, 0.1) is 6.92 Å². The Morgan fingerprint density at radius 3 is 2.45 bits per heavy atom. The van der Waals surface area contributed by atoms with Gasteiger partial charge in [-0.05, 0) is 19.1 Å². The number of hydrogen-bond acceptors (Lipinski definition) is 3. The highest BCUT2D eigenvalue weighted by molar-refractivity contribution is 8.01. The van der Waals surface area contributed by atoms with Crippen molar-refractivity contribution in [2.24, 2.45) is 0 Å². The fourth-order valence-electron chi connectivity index (χ4n) is 1.60. The van der Waals surface area contributed by atoms with Crippen molar-refractivity contribution in [2.45, 2.75) is 17.2 Å². The molecule has 20 heavy (non-hydrogen) atoms. The average Bonchev–Trinajstić information content (AvgIpc) is 2.62. The Labute approximate surface area is 124 Å². The lowest BCUT2D eigenvalue weighted by Gasteiger charge is -2.12. The Hall–Kier alpha value is -0.860. The van der Waals surface area contributed by atoms with Crippen LogP contribution in [0.15, 0.2) is 18.3 Å². The van der Waals surface area contributed by atoms with Crippen molar-refractivity contribution in [1.29, 1.82) is 0 Å². The molecule has 110 valence electrons. The van der Waals surface area contributed by atoms with E-state index in [0.29, 0.717) is 22.9 Å². The molecule has 0 atom stereocenters. The molecule has 1 aromatic heterocycles. The zero-order valence-corrected chi connectivity index (χ0v) is 12.0. The molecule has 0 saturated carbocycles. The molecule has 0 radical (unpaired) electrons. The summed E-state index contributed by atoms with van der Waals surface area (Å²) in [5.41, 5.74) is 0.589. The summed E-state index contributed by atoms with van der Waals surface area (Å²) in [5.74, 6) is -0.349. The van der Waals surface area contributed by atoms with Gasteiger partial charge in [0, 0.05) is 10.9 Å². The predicted octanol–water partition coefficient (Wildman–Crippen LogP) is 4.80. The quantitative estimate of drug-likeness (QED) is 0.589. The van der Waals surface area contributed by atoms with Crippen LogP contribution in [0.3, 0.4) is 0 Å². The summed E-state index contributed by atoms with van der Waals surface area (Å²) in [6.45, 7) is 1.43. The number of aryl methyl sites for hydroxylation is 1. The molecule has 0 amide bonds. The highest BCUT2D eigenvalue weighted by atomic mass is 35.5. The Balaban J connectivity index is 2.44. The van der Waals surface area contributed by atoms with Crippen molar-refractivity contribution < 1.29 is 22.3 Å². The van der Waals surface area contributed by atoms with Gasteiger partial charge in [0.1, 0.15) is 5.75 Å². The zero-order chi connectivity index (χ0) is 15.1. The van der Waals surface area contributed by atoms with Crippen LogP contribution in [-0.4, -0.2) is 19.5 Å². The van der Waals surface area contributed by atoms with E-state index in [1.54, 1.807) is 0 Å². The topological polar surface area (TPSA) is 27.1 Å². The molecule has 2 rings (SSSR count). The average molecular weight is 349 g/mol. The van der Waals surface area contributed by atoms with E-state index < -0.39 is 10.3 Å². The smallest absolute Gasteiger partial charge is 0.405 e. The summed E-state index contributed by atoms with van der Waals surface area (Å²) < 4.78 is 52.2. The Morgan fingerprint density at radius 2 is 1.90 bits per heavy atom. The molecule has 0 saturated heterocycles. The molecule has 0 aliphatic rings. The van der Waals surface area contributed by atoms with Crippen LogP contribution in [0.5, 0.6) is 5.75 Å². The van der Waals surface area contributed by atoms with E-state index in [9.17, 15) is 17.6 Å². The van der Waals surface area contributed by atoms with E-state index in [1.807, 2.05) is 0 Å². The van der Waals surface area contributed by atoms with Gasteiger partial charge in [-0.25, -0.2) is 4.09 Å². The molecule has 1 heterocycles. The van der Waals surface area contributed by atoms with Crippen molar-refractivity contribution in [3.63, 3.8) is 0 Å². The fourth-order valence-corrected chi connectivity index (χ4v) is 2.54.